The molecule has 1 aliphatic heterocycles. The fourth-order valence-corrected chi connectivity index (χ4v) is 5.27. The van der Waals surface area contributed by atoms with E-state index in [0.29, 0.717) is 11.1 Å². The van der Waals surface area contributed by atoms with Crippen LogP contribution in [0, 0.1) is 5.92 Å². The van der Waals surface area contributed by atoms with E-state index in [0.717, 1.165) is 22.2 Å². The highest BCUT2D eigenvalue weighted by atomic mass is 32.2. The smallest absolute Gasteiger partial charge is 0.326 e. The van der Waals surface area contributed by atoms with Gasteiger partial charge in [-0.3, -0.25) is 28.9 Å². The SMILES string of the molecule is CC(=O)SC(CCCN1C(=O)c2ccccc2C1=O)C(=O)N[C@H](C(=O)N[C@@H](Cc1ccccc1)C(=O)O)C(C)C. The number of nitrogens with one attached hydrogen (secondary N) is 2. The van der Waals surface area contributed by atoms with Gasteiger partial charge in [-0.05, 0) is 36.5 Å². The molecule has 4 amide bonds. The van der Waals surface area contributed by atoms with Crippen molar-refractivity contribution < 1.29 is 33.9 Å². The van der Waals surface area contributed by atoms with E-state index >= 15 is 0 Å². The molecule has 0 fully saturated rings. The van der Waals surface area contributed by atoms with Gasteiger partial charge in [0.2, 0.25) is 11.8 Å². The van der Waals surface area contributed by atoms with Crippen molar-refractivity contribution in [2.45, 2.75) is 57.4 Å². The number of hydrogen-bond donors (Lipinski definition) is 3. The topological polar surface area (TPSA) is 150 Å². The predicted octanol–water partition coefficient (Wildman–Crippen LogP) is 2.66. The molecular formula is C29H33N3O7S. The predicted molar refractivity (Wildman–Crippen MR) is 150 cm³/mol. The first-order valence-electron chi connectivity index (χ1n) is 13.0. The molecule has 3 rings (SSSR count). The van der Waals surface area contributed by atoms with Crippen molar-refractivity contribution in [3.8, 4) is 0 Å². The standard InChI is InChI=1S/C29H33N3O7S/c1-17(2)24(26(35)30-22(29(38)39)16-19-10-5-4-6-11-19)31-25(34)23(40-18(3)33)14-9-15-32-27(36)20-12-7-8-13-21(20)28(32)37/h4-8,10-13,17,22-24H,9,14-16H2,1-3H3,(H,30,35)(H,31,34)(H,38,39)/t22-,23?,24-/m0/s1. The second kappa shape index (κ2) is 13.9. The maximum atomic E-state index is 13.2. The second-order valence-electron chi connectivity index (χ2n) is 9.87. The third-order valence-electron chi connectivity index (χ3n) is 6.47. The van der Waals surface area contributed by atoms with Gasteiger partial charge >= 0.3 is 5.97 Å². The summed E-state index contributed by atoms with van der Waals surface area (Å²) in [6, 6.07) is 13.2. The molecule has 0 saturated heterocycles. The molecule has 1 aliphatic rings. The zero-order valence-electron chi connectivity index (χ0n) is 22.6. The van der Waals surface area contributed by atoms with Gasteiger partial charge in [0, 0.05) is 19.9 Å². The van der Waals surface area contributed by atoms with Crippen molar-refractivity contribution in [1.29, 1.82) is 0 Å². The molecule has 11 heteroatoms. The van der Waals surface area contributed by atoms with Crippen LogP contribution in [0.2, 0.25) is 0 Å². The van der Waals surface area contributed by atoms with E-state index in [9.17, 15) is 33.9 Å². The van der Waals surface area contributed by atoms with Crippen molar-refractivity contribution in [1.82, 2.24) is 15.5 Å². The Morgan fingerprint density at radius 1 is 0.875 bits per heavy atom. The van der Waals surface area contributed by atoms with Gasteiger partial charge in [0.25, 0.3) is 11.8 Å². The monoisotopic (exact) mass is 567 g/mol. The van der Waals surface area contributed by atoms with Crippen LogP contribution in [-0.4, -0.2) is 68.6 Å². The molecule has 1 heterocycles. The Hall–Kier alpha value is -3.99. The van der Waals surface area contributed by atoms with E-state index in [2.05, 4.69) is 10.6 Å². The summed E-state index contributed by atoms with van der Waals surface area (Å²) >= 11 is 0.800. The fourth-order valence-electron chi connectivity index (χ4n) is 4.41. The molecule has 0 saturated carbocycles. The minimum atomic E-state index is -1.20. The molecule has 3 atom stereocenters. The molecular weight excluding hydrogens is 534 g/mol. The lowest BCUT2D eigenvalue weighted by molar-refractivity contribution is -0.142. The van der Waals surface area contributed by atoms with Crippen LogP contribution < -0.4 is 10.6 Å². The van der Waals surface area contributed by atoms with Crippen LogP contribution in [0.5, 0.6) is 0 Å². The minimum absolute atomic E-state index is 0.0707. The lowest BCUT2D eigenvalue weighted by Gasteiger charge is -2.26. The first-order chi connectivity index (χ1) is 19.0. The molecule has 10 nitrogen and oxygen atoms in total. The first kappa shape index (κ1) is 30.6. The van der Waals surface area contributed by atoms with Gasteiger partial charge in [-0.15, -0.1) is 0 Å². The third kappa shape index (κ3) is 7.78. The number of aliphatic carboxylic acids is 1. The Morgan fingerprint density at radius 2 is 1.45 bits per heavy atom. The van der Waals surface area contributed by atoms with E-state index in [1.54, 1.807) is 68.4 Å². The van der Waals surface area contributed by atoms with E-state index in [1.165, 1.54) is 6.92 Å². The molecule has 40 heavy (non-hydrogen) atoms. The highest BCUT2D eigenvalue weighted by Gasteiger charge is 2.35. The number of rotatable bonds is 13. The van der Waals surface area contributed by atoms with Crippen molar-refractivity contribution in [2.24, 2.45) is 5.92 Å². The maximum absolute atomic E-state index is 13.2. The molecule has 3 N–H and O–H groups in total. The van der Waals surface area contributed by atoms with Crippen LogP contribution in [0.25, 0.3) is 0 Å². The maximum Gasteiger partial charge on any atom is 0.326 e. The molecule has 0 radical (unpaired) electrons. The molecule has 2 aromatic carbocycles. The number of fused-ring (bicyclic) bond motifs is 1. The van der Waals surface area contributed by atoms with Gasteiger partial charge in [-0.1, -0.05) is 68.1 Å². The molecule has 0 spiro atoms. The number of amides is 4. The first-order valence-corrected chi connectivity index (χ1v) is 13.9. The zero-order valence-corrected chi connectivity index (χ0v) is 23.4. The molecule has 0 aromatic heterocycles. The lowest BCUT2D eigenvalue weighted by Crippen LogP contribution is -2.55. The summed E-state index contributed by atoms with van der Waals surface area (Å²) in [4.78, 5) is 76.4. The molecule has 0 bridgehead atoms. The molecule has 2 aromatic rings. The van der Waals surface area contributed by atoms with E-state index < -0.39 is 46.9 Å². The van der Waals surface area contributed by atoms with Gasteiger partial charge in [0.15, 0.2) is 5.12 Å². The number of carboxylic acids is 1. The number of nitrogens with zero attached hydrogens (tertiary/aromatic N) is 1. The van der Waals surface area contributed by atoms with Crippen molar-refractivity contribution >= 4 is 46.5 Å². The summed E-state index contributed by atoms with van der Waals surface area (Å²) in [5.41, 5.74) is 1.39. The van der Waals surface area contributed by atoms with Gasteiger partial charge < -0.3 is 15.7 Å². The Morgan fingerprint density at radius 3 is 1.98 bits per heavy atom. The highest BCUT2D eigenvalue weighted by molar-refractivity contribution is 8.14. The fraction of sp³-hybridized carbons (Fsp3) is 0.379. The summed E-state index contributed by atoms with van der Waals surface area (Å²) in [5.74, 6) is -3.60. The summed E-state index contributed by atoms with van der Waals surface area (Å²) in [7, 11) is 0. The Kier molecular flexibility index (Phi) is 10.6. The number of imide groups is 1. The zero-order chi connectivity index (χ0) is 29.4. The van der Waals surface area contributed by atoms with Gasteiger partial charge in [-0.25, -0.2) is 4.79 Å². The van der Waals surface area contributed by atoms with Gasteiger partial charge in [0.05, 0.1) is 16.4 Å². The summed E-state index contributed by atoms with van der Waals surface area (Å²) in [5, 5.41) is 13.7. The normalized spacial score (nSPS) is 14.8. The number of carbonyl (C=O) groups excluding carboxylic acids is 5. The molecule has 1 unspecified atom stereocenters. The summed E-state index contributed by atoms with van der Waals surface area (Å²) in [6.45, 7) is 4.82. The Labute approximate surface area is 236 Å². The Bertz CT molecular complexity index is 1250. The van der Waals surface area contributed by atoms with E-state index in [1.807, 2.05) is 0 Å². The van der Waals surface area contributed by atoms with Crippen molar-refractivity contribution in [2.75, 3.05) is 6.54 Å². The van der Waals surface area contributed by atoms with Crippen LogP contribution in [0.15, 0.2) is 54.6 Å². The number of carboxylic acid groups (broad SMARTS) is 1. The Balaban J connectivity index is 1.63. The van der Waals surface area contributed by atoms with Crippen molar-refractivity contribution in [3.05, 3.63) is 71.3 Å². The lowest BCUT2D eigenvalue weighted by atomic mass is 10.0. The van der Waals surface area contributed by atoms with Crippen LogP contribution >= 0.6 is 11.8 Å². The second-order valence-corrected chi connectivity index (χ2v) is 11.2. The largest absolute Gasteiger partial charge is 0.480 e. The van der Waals surface area contributed by atoms with Crippen LogP contribution in [0.4, 0.5) is 0 Å². The number of benzene rings is 2. The minimum Gasteiger partial charge on any atom is -0.480 e. The summed E-state index contributed by atoms with van der Waals surface area (Å²) in [6.07, 6.45) is 0.503. The number of thioether (sulfide) groups is 1. The molecule has 212 valence electrons. The number of carbonyl (C=O) groups is 6. The van der Waals surface area contributed by atoms with Crippen LogP contribution in [0.3, 0.4) is 0 Å². The van der Waals surface area contributed by atoms with Gasteiger partial charge in [-0.2, -0.15) is 0 Å². The van der Waals surface area contributed by atoms with E-state index in [-0.39, 0.29) is 36.8 Å². The van der Waals surface area contributed by atoms with Gasteiger partial charge in [0.1, 0.15) is 12.1 Å². The molecule has 0 aliphatic carbocycles. The van der Waals surface area contributed by atoms with E-state index in [4.69, 9.17) is 0 Å². The third-order valence-corrected chi connectivity index (χ3v) is 7.54. The quantitative estimate of drug-likeness (QED) is 0.313. The van der Waals surface area contributed by atoms with Crippen LogP contribution in [-0.2, 0) is 25.6 Å². The highest BCUT2D eigenvalue weighted by Crippen LogP contribution is 2.24. The van der Waals surface area contributed by atoms with Crippen LogP contribution in [0.1, 0.15) is 59.9 Å². The summed E-state index contributed by atoms with van der Waals surface area (Å²) < 4.78 is 0. The average molecular weight is 568 g/mol. The number of hydrogen-bond acceptors (Lipinski definition) is 7. The average Bonchev–Trinajstić information content (AvgIpc) is 3.15. The van der Waals surface area contributed by atoms with Crippen molar-refractivity contribution in [3.63, 3.8) is 0 Å².